The summed E-state index contributed by atoms with van der Waals surface area (Å²) in [5.41, 5.74) is 7.20. The summed E-state index contributed by atoms with van der Waals surface area (Å²) in [6.07, 6.45) is 0. The number of hydrogen-bond donors (Lipinski definition) is 1. The minimum Gasteiger partial charge on any atom is -0.465 e. The van der Waals surface area contributed by atoms with Gasteiger partial charge in [-0.15, -0.1) is 12.4 Å². The van der Waals surface area contributed by atoms with Crippen molar-refractivity contribution in [3.8, 4) is 0 Å². The van der Waals surface area contributed by atoms with E-state index in [9.17, 15) is 4.79 Å². The third-order valence-electron chi connectivity index (χ3n) is 1.83. The van der Waals surface area contributed by atoms with Crippen LogP contribution in [0, 0.1) is 6.92 Å². The third-order valence-corrected chi connectivity index (χ3v) is 2.32. The number of methoxy groups -OCH3 is 1. The van der Waals surface area contributed by atoms with Crippen molar-refractivity contribution < 1.29 is 9.53 Å². The zero-order chi connectivity index (χ0) is 10.0. The molecule has 3 nitrogen and oxygen atoms in total. The number of nitrogen functional groups attached to an aromatic ring is 1. The standard InChI is InChI=1S/C9H10ClNO2.ClH/c1-5-7(11)4-3-6(8(5)10)9(12)13-2;/h3-4H,11H2,1-2H3;1H. The molecule has 0 spiro atoms. The maximum absolute atomic E-state index is 11.2. The second-order valence-corrected chi connectivity index (χ2v) is 3.01. The zero-order valence-corrected chi connectivity index (χ0v) is 9.41. The Morgan fingerprint density at radius 2 is 2.07 bits per heavy atom. The molecule has 1 aromatic carbocycles. The second-order valence-electron chi connectivity index (χ2n) is 2.63. The SMILES string of the molecule is COC(=O)c1ccc(N)c(C)c1Cl.Cl. The molecule has 14 heavy (non-hydrogen) atoms. The zero-order valence-electron chi connectivity index (χ0n) is 7.83. The van der Waals surface area contributed by atoms with Crippen molar-refractivity contribution in [1.82, 2.24) is 0 Å². The van der Waals surface area contributed by atoms with Crippen LogP contribution in [0.3, 0.4) is 0 Å². The monoisotopic (exact) mass is 235 g/mol. The lowest BCUT2D eigenvalue weighted by Crippen LogP contribution is -2.04. The maximum atomic E-state index is 11.2. The van der Waals surface area contributed by atoms with Crippen molar-refractivity contribution in [2.24, 2.45) is 0 Å². The molecule has 78 valence electrons. The van der Waals surface area contributed by atoms with E-state index in [1.54, 1.807) is 19.1 Å². The van der Waals surface area contributed by atoms with Gasteiger partial charge in [-0.25, -0.2) is 4.79 Å². The lowest BCUT2D eigenvalue weighted by Gasteiger charge is -2.06. The Kier molecular flexibility index (Phi) is 4.74. The van der Waals surface area contributed by atoms with Gasteiger partial charge in [0.25, 0.3) is 0 Å². The molecule has 0 saturated carbocycles. The Morgan fingerprint density at radius 1 is 1.50 bits per heavy atom. The van der Waals surface area contributed by atoms with Gasteiger partial charge < -0.3 is 10.5 Å². The maximum Gasteiger partial charge on any atom is 0.339 e. The molecular weight excluding hydrogens is 225 g/mol. The fraction of sp³-hybridized carbons (Fsp3) is 0.222. The normalized spacial score (nSPS) is 9.07. The number of carbonyl (C=O) groups is 1. The number of anilines is 1. The average Bonchev–Trinajstić information content (AvgIpc) is 2.13. The minimum atomic E-state index is -0.451. The smallest absolute Gasteiger partial charge is 0.339 e. The molecule has 0 unspecified atom stereocenters. The number of benzene rings is 1. The van der Waals surface area contributed by atoms with E-state index in [-0.39, 0.29) is 12.4 Å². The predicted octanol–water partition coefficient (Wildman–Crippen LogP) is 2.44. The molecule has 0 bridgehead atoms. The number of halogens is 2. The lowest BCUT2D eigenvalue weighted by molar-refractivity contribution is 0.0601. The summed E-state index contributed by atoms with van der Waals surface area (Å²) in [7, 11) is 1.31. The summed E-state index contributed by atoms with van der Waals surface area (Å²) in [6, 6.07) is 3.18. The third kappa shape index (κ3) is 2.30. The molecule has 0 aliphatic rings. The van der Waals surface area contributed by atoms with Crippen LogP contribution >= 0.6 is 24.0 Å². The summed E-state index contributed by atoms with van der Waals surface area (Å²) in [5, 5.41) is 0.354. The molecule has 0 radical (unpaired) electrons. The van der Waals surface area contributed by atoms with Gasteiger partial charge in [-0.3, -0.25) is 0 Å². The van der Waals surface area contributed by atoms with Crippen molar-refractivity contribution in [3.63, 3.8) is 0 Å². The van der Waals surface area contributed by atoms with Crippen LogP contribution in [0.5, 0.6) is 0 Å². The molecule has 0 fully saturated rings. The number of esters is 1. The summed E-state index contributed by atoms with van der Waals surface area (Å²) in [5.74, 6) is -0.451. The number of carbonyl (C=O) groups excluding carboxylic acids is 1. The number of hydrogen-bond acceptors (Lipinski definition) is 3. The van der Waals surface area contributed by atoms with E-state index in [4.69, 9.17) is 17.3 Å². The van der Waals surface area contributed by atoms with Crippen molar-refractivity contribution in [2.45, 2.75) is 6.92 Å². The van der Waals surface area contributed by atoms with E-state index in [0.717, 1.165) is 0 Å². The predicted molar refractivity (Wildman–Crippen MR) is 59.2 cm³/mol. The Hall–Kier alpha value is -0.930. The topological polar surface area (TPSA) is 52.3 Å². The Balaban J connectivity index is 0.00000169. The highest BCUT2D eigenvalue weighted by Gasteiger charge is 2.13. The van der Waals surface area contributed by atoms with Crippen molar-refractivity contribution in [1.29, 1.82) is 0 Å². The summed E-state index contributed by atoms with van der Waals surface area (Å²) < 4.78 is 4.55. The Bertz CT molecular complexity index is 353. The fourth-order valence-electron chi connectivity index (χ4n) is 0.968. The molecular formula is C9H11Cl2NO2. The van der Waals surface area contributed by atoms with E-state index < -0.39 is 5.97 Å². The molecule has 1 rings (SSSR count). The van der Waals surface area contributed by atoms with Crippen molar-refractivity contribution >= 4 is 35.7 Å². The first-order chi connectivity index (χ1) is 6.07. The molecule has 0 aromatic heterocycles. The number of rotatable bonds is 1. The fourth-order valence-corrected chi connectivity index (χ4v) is 1.22. The Morgan fingerprint density at radius 3 is 2.57 bits per heavy atom. The van der Waals surface area contributed by atoms with E-state index in [0.29, 0.717) is 21.8 Å². The van der Waals surface area contributed by atoms with Gasteiger partial charge in [0.2, 0.25) is 0 Å². The van der Waals surface area contributed by atoms with Gasteiger partial charge in [0, 0.05) is 5.69 Å². The highest BCUT2D eigenvalue weighted by atomic mass is 35.5. The highest BCUT2D eigenvalue weighted by Crippen LogP contribution is 2.25. The van der Waals surface area contributed by atoms with Crippen LogP contribution < -0.4 is 5.73 Å². The first kappa shape index (κ1) is 13.1. The molecule has 5 heteroatoms. The summed E-state index contributed by atoms with van der Waals surface area (Å²) in [6.45, 7) is 1.75. The van der Waals surface area contributed by atoms with Gasteiger partial charge in [-0.1, -0.05) is 11.6 Å². The van der Waals surface area contributed by atoms with Gasteiger partial charge in [-0.2, -0.15) is 0 Å². The molecule has 0 amide bonds. The van der Waals surface area contributed by atoms with Gasteiger partial charge >= 0.3 is 5.97 Å². The molecule has 1 aromatic rings. The number of nitrogens with two attached hydrogens (primary N) is 1. The van der Waals surface area contributed by atoms with Gasteiger partial charge in [0.05, 0.1) is 17.7 Å². The van der Waals surface area contributed by atoms with E-state index in [1.165, 1.54) is 7.11 Å². The van der Waals surface area contributed by atoms with Crippen LogP contribution in [0.15, 0.2) is 12.1 Å². The van der Waals surface area contributed by atoms with Crippen LogP contribution in [0.1, 0.15) is 15.9 Å². The number of ether oxygens (including phenoxy) is 1. The molecule has 0 heterocycles. The van der Waals surface area contributed by atoms with Crippen molar-refractivity contribution in [3.05, 3.63) is 28.3 Å². The van der Waals surface area contributed by atoms with Crippen LogP contribution in [-0.4, -0.2) is 13.1 Å². The Labute approximate surface area is 93.6 Å². The van der Waals surface area contributed by atoms with E-state index in [1.807, 2.05) is 0 Å². The van der Waals surface area contributed by atoms with Gasteiger partial charge in [0.1, 0.15) is 0 Å². The van der Waals surface area contributed by atoms with Crippen molar-refractivity contribution in [2.75, 3.05) is 12.8 Å². The minimum absolute atomic E-state index is 0. The first-order valence-corrected chi connectivity index (χ1v) is 4.08. The average molecular weight is 236 g/mol. The van der Waals surface area contributed by atoms with E-state index in [2.05, 4.69) is 4.74 Å². The lowest BCUT2D eigenvalue weighted by atomic mass is 10.1. The molecule has 0 aliphatic heterocycles. The van der Waals surface area contributed by atoms with Crippen LogP contribution in [0.25, 0.3) is 0 Å². The largest absolute Gasteiger partial charge is 0.465 e. The molecule has 0 saturated heterocycles. The highest BCUT2D eigenvalue weighted by molar-refractivity contribution is 6.34. The van der Waals surface area contributed by atoms with Crippen LogP contribution in [0.2, 0.25) is 5.02 Å². The van der Waals surface area contributed by atoms with E-state index >= 15 is 0 Å². The van der Waals surface area contributed by atoms with Crippen LogP contribution in [0.4, 0.5) is 5.69 Å². The van der Waals surface area contributed by atoms with Gasteiger partial charge in [-0.05, 0) is 24.6 Å². The summed E-state index contributed by atoms with van der Waals surface area (Å²) >= 11 is 5.89. The molecule has 0 atom stereocenters. The molecule has 2 N–H and O–H groups in total. The molecule has 0 aliphatic carbocycles. The van der Waals surface area contributed by atoms with Crippen LogP contribution in [-0.2, 0) is 4.74 Å². The van der Waals surface area contributed by atoms with Gasteiger partial charge in [0.15, 0.2) is 0 Å². The summed E-state index contributed by atoms with van der Waals surface area (Å²) in [4.78, 5) is 11.2. The second kappa shape index (κ2) is 5.08. The quantitative estimate of drug-likeness (QED) is 0.601. The first-order valence-electron chi connectivity index (χ1n) is 3.70.